The number of anilines is 1. The molecule has 2 rings (SSSR count). The Morgan fingerprint density at radius 3 is 2.56 bits per heavy atom. The van der Waals surface area contributed by atoms with Crippen LogP contribution in [0.3, 0.4) is 0 Å². The number of nitrogens with two attached hydrogens (primary N) is 1. The van der Waals surface area contributed by atoms with E-state index >= 15 is 0 Å². The first-order valence-electron chi connectivity index (χ1n) is 6.02. The number of hydrogen-bond acceptors (Lipinski definition) is 4. The van der Waals surface area contributed by atoms with E-state index in [1.54, 1.807) is 0 Å². The highest BCUT2D eigenvalue weighted by Gasteiger charge is 2.08. The summed E-state index contributed by atoms with van der Waals surface area (Å²) < 4.78 is 0. The first-order chi connectivity index (χ1) is 8.72. The van der Waals surface area contributed by atoms with E-state index in [1.165, 1.54) is 0 Å². The van der Waals surface area contributed by atoms with Crippen molar-refractivity contribution < 1.29 is 0 Å². The molecule has 94 valence electrons. The first kappa shape index (κ1) is 12.5. The third-order valence-corrected chi connectivity index (χ3v) is 2.86. The molecule has 0 aliphatic heterocycles. The molecule has 1 aromatic heterocycles. The van der Waals surface area contributed by atoms with Crippen LogP contribution in [0, 0.1) is 6.92 Å². The van der Waals surface area contributed by atoms with Crippen molar-refractivity contribution in [2.24, 2.45) is 5.73 Å². The molecular weight excluding hydrogens is 224 g/mol. The second-order valence-corrected chi connectivity index (χ2v) is 4.25. The molecular formula is C14H18N4. The van der Waals surface area contributed by atoms with Crippen molar-refractivity contribution in [3.8, 4) is 11.1 Å². The minimum atomic E-state index is 0.597. The molecule has 0 aliphatic carbocycles. The van der Waals surface area contributed by atoms with Gasteiger partial charge in [-0.05, 0) is 12.5 Å². The first-order valence-corrected chi connectivity index (χ1v) is 6.02. The maximum Gasteiger partial charge on any atom is 0.225 e. The molecule has 1 heterocycles. The monoisotopic (exact) mass is 242 g/mol. The lowest BCUT2D eigenvalue weighted by molar-refractivity contribution is 0.841. The van der Waals surface area contributed by atoms with Crippen molar-refractivity contribution in [2.75, 3.05) is 25.0 Å². The quantitative estimate of drug-likeness (QED) is 0.889. The minimum Gasteiger partial charge on any atom is -0.343 e. The maximum absolute atomic E-state index is 5.53. The van der Waals surface area contributed by atoms with Gasteiger partial charge in [-0.2, -0.15) is 0 Å². The van der Waals surface area contributed by atoms with Crippen LogP contribution in [0.2, 0.25) is 0 Å². The smallest absolute Gasteiger partial charge is 0.225 e. The second-order valence-electron chi connectivity index (χ2n) is 4.25. The van der Waals surface area contributed by atoms with E-state index in [2.05, 4.69) is 22.1 Å². The Morgan fingerprint density at radius 1 is 1.22 bits per heavy atom. The van der Waals surface area contributed by atoms with E-state index in [0.717, 1.165) is 29.3 Å². The maximum atomic E-state index is 5.53. The van der Waals surface area contributed by atoms with Crippen LogP contribution in [0.15, 0.2) is 36.5 Å². The molecule has 0 radical (unpaired) electrons. The van der Waals surface area contributed by atoms with Crippen LogP contribution in [-0.4, -0.2) is 30.1 Å². The Bertz CT molecular complexity index is 510. The highest BCUT2D eigenvalue weighted by atomic mass is 15.2. The molecule has 4 heteroatoms. The summed E-state index contributed by atoms with van der Waals surface area (Å²) in [7, 11) is 1.95. The predicted molar refractivity (Wildman–Crippen MR) is 74.5 cm³/mol. The van der Waals surface area contributed by atoms with Gasteiger partial charge in [-0.25, -0.2) is 9.97 Å². The van der Waals surface area contributed by atoms with Gasteiger partial charge in [0.15, 0.2) is 0 Å². The molecule has 0 unspecified atom stereocenters. The van der Waals surface area contributed by atoms with Crippen LogP contribution >= 0.6 is 0 Å². The fourth-order valence-electron chi connectivity index (χ4n) is 1.83. The molecule has 0 spiro atoms. The number of aromatic nitrogens is 2. The zero-order valence-electron chi connectivity index (χ0n) is 10.8. The Kier molecular flexibility index (Phi) is 3.89. The van der Waals surface area contributed by atoms with Gasteiger partial charge < -0.3 is 10.6 Å². The minimum absolute atomic E-state index is 0.597. The van der Waals surface area contributed by atoms with Crippen LogP contribution in [-0.2, 0) is 0 Å². The summed E-state index contributed by atoms with van der Waals surface area (Å²) in [6, 6.07) is 10.2. The zero-order chi connectivity index (χ0) is 13.0. The Balaban J connectivity index is 2.31. The van der Waals surface area contributed by atoms with Crippen molar-refractivity contribution in [1.82, 2.24) is 9.97 Å². The molecule has 2 aromatic rings. The summed E-state index contributed by atoms with van der Waals surface area (Å²) in [5.74, 6) is 0.720. The number of rotatable bonds is 4. The number of hydrogen-bond donors (Lipinski definition) is 1. The summed E-state index contributed by atoms with van der Waals surface area (Å²) in [6.07, 6.45) is 1.88. The van der Waals surface area contributed by atoms with E-state index in [9.17, 15) is 0 Å². The van der Waals surface area contributed by atoms with Crippen molar-refractivity contribution in [1.29, 1.82) is 0 Å². The van der Waals surface area contributed by atoms with E-state index < -0.39 is 0 Å². The van der Waals surface area contributed by atoms with Crippen molar-refractivity contribution in [3.05, 3.63) is 42.2 Å². The fraction of sp³-hybridized carbons (Fsp3) is 0.286. The highest BCUT2D eigenvalue weighted by molar-refractivity contribution is 5.65. The second kappa shape index (κ2) is 5.60. The Hall–Kier alpha value is -1.94. The molecule has 2 N–H and O–H groups in total. The Morgan fingerprint density at radius 2 is 1.94 bits per heavy atom. The van der Waals surface area contributed by atoms with Gasteiger partial charge in [-0.3, -0.25) is 0 Å². The van der Waals surface area contributed by atoms with Crippen LogP contribution in [0.25, 0.3) is 11.1 Å². The van der Waals surface area contributed by atoms with Gasteiger partial charge in [0.05, 0.1) is 5.69 Å². The number of aryl methyl sites for hydroxylation is 1. The molecule has 18 heavy (non-hydrogen) atoms. The standard InChI is InChI=1S/C14H18N4/c1-11-13(12-6-4-3-5-7-12)10-16-14(17-11)18(2)9-8-15/h3-7,10H,8-9,15H2,1-2H3. The largest absolute Gasteiger partial charge is 0.343 e. The number of likely N-dealkylation sites (N-methyl/N-ethyl adjacent to an activating group) is 1. The van der Waals surface area contributed by atoms with E-state index in [-0.39, 0.29) is 0 Å². The summed E-state index contributed by atoms with van der Waals surface area (Å²) in [5, 5.41) is 0. The Labute approximate surface area is 107 Å². The summed E-state index contributed by atoms with van der Waals surface area (Å²) in [5.41, 5.74) is 8.72. The van der Waals surface area contributed by atoms with Gasteiger partial charge in [0.1, 0.15) is 0 Å². The molecule has 0 fully saturated rings. The van der Waals surface area contributed by atoms with Crippen LogP contribution in [0.5, 0.6) is 0 Å². The molecule has 0 aliphatic rings. The summed E-state index contributed by atoms with van der Waals surface area (Å²) in [4.78, 5) is 10.9. The molecule has 4 nitrogen and oxygen atoms in total. The summed E-state index contributed by atoms with van der Waals surface area (Å²) in [6.45, 7) is 3.35. The number of benzene rings is 1. The zero-order valence-corrected chi connectivity index (χ0v) is 10.8. The highest BCUT2D eigenvalue weighted by Crippen LogP contribution is 2.22. The van der Waals surface area contributed by atoms with Gasteiger partial charge in [0, 0.05) is 31.9 Å². The van der Waals surface area contributed by atoms with Crippen LogP contribution in [0.1, 0.15) is 5.69 Å². The molecule has 0 amide bonds. The lowest BCUT2D eigenvalue weighted by atomic mass is 10.1. The van der Waals surface area contributed by atoms with Gasteiger partial charge in [0.2, 0.25) is 5.95 Å². The van der Waals surface area contributed by atoms with Gasteiger partial charge in [-0.15, -0.1) is 0 Å². The number of nitrogens with zero attached hydrogens (tertiary/aromatic N) is 3. The lowest BCUT2D eigenvalue weighted by Crippen LogP contribution is -2.26. The van der Waals surface area contributed by atoms with Crippen molar-refractivity contribution in [2.45, 2.75) is 6.92 Å². The average Bonchev–Trinajstić information content (AvgIpc) is 2.40. The van der Waals surface area contributed by atoms with Crippen LogP contribution < -0.4 is 10.6 Å². The van der Waals surface area contributed by atoms with E-state index in [4.69, 9.17) is 5.73 Å². The third-order valence-electron chi connectivity index (χ3n) is 2.86. The molecule has 0 atom stereocenters. The molecule has 0 saturated heterocycles. The van der Waals surface area contributed by atoms with Gasteiger partial charge >= 0.3 is 0 Å². The van der Waals surface area contributed by atoms with E-state index in [1.807, 2.05) is 43.3 Å². The topological polar surface area (TPSA) is 55.0 Å². The van der Waals surface area contributed by atoms with Crippen molar-refractivity contribution >= 4 is 5.95 Å². The molecule has 0 bridgehead atoms. The normalized spacial score (nSPS) is 10.4. The van der Waals surface area contributed by atoms with Gasteiger partial charge in [-0.1, -0.05) is 30.3 Å². The van der Waals surface area contributed by atoms with Crippen molar-refractivity contribution in [3.63, 3.8) is 0 Å². The average molecular weight is 242 g/mol. The third kappa shape index (κ3) is 2.65. The van der Waals surface area contributed by atoms with Crippen LogP contribution in [0.4, 0.5) is 5.95 Å². The van der Waals surface area contributed by atoms with Gasteiger partial charge in [0.25, 0.3) is 0 Å². The van der Waals surface area contributed by atoms with E-state index in [0.29, 0.717) is 6.54 Å². The fourth-order valence-corrected chi connectivity index (χ4v) is 1.83. The molecule has 0 saturated carbocycles. The molecule has 1 aromatic carbocycles. The lowest BCUT2D eigenvalue weighted by Gasteiger charge is -2.17. The summed E-state index contributed by atoms with van der Waals surface area (Å²) >= 11 is 0. The predicted octanol–water partition coefficient (Wildman–Crippen LogP) is 1.85. The SMILES string of the molecule is Cc1nc(N(C)CCN)ncc1-c1ccccc1.